The van der Waals surface area contributed by atoms with E-state index >= 15 is 0 Å². The topological polar surface area (TPSA) is 49.3 Å². The molecule has 0 fully saturated rings. The molecular formula is C25H35NO2. The molecule has 0 radical (unpaired) electrons. The SMILES string of the molecule is CC(C)(C)c1cc(C[14CH2]N[14C](=O)CCc2ccccc2)cc(C(C)(C)C)c1O. The van der Waals surface area contributed by atoms with Gasteiger partial charge in [0.25, 0.3) is 0 Å². The average Bonchev–Trinajstić information content (AvgIpc) is 2.60. The number of phenolic OH excluding ortho intramolecular Hbond substituents is 1. The number of nitrogens with one attached hydrogen (secondary N) is 1. The number of rotatable bonds is 6. The van der Waals surface area contributed by atoms with E-state index in [1.54, 1.807) is 0 Å². The molecule has 2 rings (SSSR count). The maximum atomic E-state index is 12.2. The smallest absolute Gasteiger partial charge is 0.220 e. The van der Waals surface area contributed by atoms with Crippen molar-refractivity contribution in [1.29, 1.82) is 0 Å². The first-order valence-electron chi connectivity index (χ1n) is 10.2. The Morgan fingerprint density at radius 3 is 1.96 bits per heavy atom. The second-order valence-corrected chi connectivity index (χ2v) is 9.63. The molecule has 0 atom stereocenters. The molecule has 0 aliphatic rings. The number of hydrogen-bond donors (Lipinski definition) is 2. The Labute approximate surface area is 170 Å². The van der Waals surface area contributed by atoms with Crippen molar-refractivity contribution in [2.45, 2.75) is 71.6 Å². The maximum Gasteiger partial charge on any atom is 0.220 e. The number of aromatic hydroxyl groups is 1. The summed E-state index contributed by atoms with van der Waals surface area (Å²) in [6, 6.07) is 14.2. The fourth-order valence-corrected chi connectivity index (χ4v) is 3.32. The lowest BCUT2D eigenvalue weighted by Crippen LogP contribution is -2.26. The van der Waals surface area contributed by atoms with Crippen LogP contribution in [0.25, 0.3) is 0 Å². The summed E-state index contributed by atoms with van der Waals surface area (Å²) in [5, 5.41) is 13.8. The van der Waals surface area contributed by atoms with E-state index in [2.05, 4.69) is 59.0 Å². The first-order chi connectivity index (χ1) is 13.0. The minimum absolute atomic E-state index is 0.0784. The number of carbonyl (C=O) groups is 1. The molecule has 0 aliphatic heterocycles. The number of phenols is 1. The van der Waals surface area contributed by atoms with E-state index in [0.717, 1.165) is 29.5 Å². The summed E-state index contributed by atoms with van der Waals surface area (Å²) in [5.41, 5.74) is 3.98. The van der Waals surface area contributed by atoms with Crippen LogP contribution in [0.2, 0.25) is 0 Å². The highest BCUT2D eigenvalue weighted by atomic mass is 16.3. The highest BCUT2D eigenvalue weighted by Gasteiger charge is 2.26. The van der Waals surface area contributed by atoms with Gasteiger partial charge in [0.1, 0.15) is 5.75 Å². The molecule has 0 saturated carbocycles. The number of carbonyl (C=O) groups excluding carboxylic acids is 1. The second-order valence-electron chi connectivity index (χ2n) is 9.63. The molecule has 0 bridgehead atoms. The Morgan fingerprint density at radius 2 is 1.46 bits per heavy atom. The van der Waals surface area contributed by atoms with Crippen LogP contribution in [0.1, 0.15) is 70.2 Å². The molecule has 0 heterocycles. The van der Waals surface area contributed by atoms with Crippen molar-refractivity contribution in [3.8, 4) is 5.75 Å². The third kappa shape index (κ3) is 6.12. The minimum Gasteiger partial charge on any atom is -0.507 e. The molecule has 0 unspecified atom stereocenters. The Balaban J connectivity index is 2.02. The second kappa shape index (κ2) is 8.81. The van der Waals surface area contributed by atoms with Crippen LogP contribution in [0.4, 0.5) is 0 Å². The largest absolute Gasteiger partial charge is 0.507 e. The average molecular weight is 386 g/mol. The fourth-order valence-electron chi connectivity index (χ4n) is 3.32. The first kappa shape index (κ1) is 22.0. The lowest BCUT2D eigenvalue weighted by atomic mass is 9.78. The predicted molar refractivity (Wildman–Crippen MR) is 117 cm³/mol. The third-order valence-corrected chi connectivity index (χ3v) is 5.01. The number of hydrogen-bond acceptors (Lipinski definition) is 2. The van der Waals surface area contributed by atoms with Gasteiger partial charge in [-0.05, 0) is 45.9 Å². The molecular weight excluding hydrogens is 350 g/mol. The van der Waals surface area contributed by atoms with Gasteiger partial charge >= 0.3 is 0 Å². The molecule has 0 spiro atoms. The molecule has 0 saturated heterocycles. The van der Waals surface area contributed by atoms with E-state index in [4.69, 9.17) is 0 Å². The Bertz CT molecular complexity index is 761. The highest BCUT2D eigenvalue weighted by Crippen LogP contribution is 2.39. The Kier molecular flexibility index (Phi) is 6.92. The van der Waals surface area contributed by atoms with Crippen LogP contribution in [-0.2, 0) is 28.5 Å². The zero-order valence-electron chi connectivity index (χ0n) is 18.2. The van der Waals surface area contributed by atoms with E-state index in [1.165, 1.54) is 5.56 Å². The maximum absolute atomic E-state index is 12.2. The molecule has 0 aromatic heterocycles. The summed E-state index contributed by atoms with van der Waals surface area (Å²) < 4.78 is 0. The number of amides is 1. The molecule has 2 aromatic rings. The van der Waals surface area contributed by atoms with E-state index < -0.39 is 0 Å². The summed E-state index contributed by atoms with van der Waals surface area (Å²) in [6.45, 7) is 13.3. The van der Waals surface area contributed by atoms with Crippen molar-refractivity contribution in [3.05, 3.63) is 64.7 Å². The van der Waals surface area contributed by atoms with Gasteiger partial charge in [-0.25, -0.2) is 0 Å². The van der Waals surface area contributed by atoms with E-state index in [9.17, 15) is 9.90 Å². The van der Waals surface area contributed by atoms with E-state index in [0.29, 0.717) is 18.7 Å². The molecule has 28 heavy (non-hydrogen) atoms. The molecule has 3 nitrogen and oxygen atoms in total. The summed E-state index contributed by atoms with van der Waals surface area (Å²) in [6.07, 6.45) is 2.01. The van der Waals surface area contributed by atoms with Crippen molar-refractivity contribution in [1.82, 2.24) is 5.32 Å². The van der Waals surface area contributed by atoms with Gasteiger partial charge in [-0.1, -0.05) is 84.0 Å². The van der Waals surface area contributed by atoms with Crippen molar-refractivity contribution >= 4 is 5.91 Å². The van der Waals surface area contributed by atoms with Gasteiger partial charge in [0.15, 0.2) is 0 Å². The monoisotopic (exact) mass is 385 g/mol. The zero-order valence-corrected chi connectivity index (χ0v) is 18.2. The van der Waals surface area contributed by atoms with Gasteiger partial charge in [0, 0.05) is 13.0 Å². The normalized spacial score (nSPS) is 12.1. The van der Waals surface area contributed by atoms with Crippen LogP contribution >= 0.6 is 0 Å². The molecule has 0 aliphatic carbocycles. The third-order valence-electron chi connectivity index (χ3n) is 5.01. The summed E-state index contributed by atoms with van der Waals surface area (Å²) in [4.78, 5) is 12.2. The van der Waals surface area contributed by atoms with Crippen molar-refractivity contribution in [2.24, 2.45) is 0 Å². The van der Waals surface area contributed by atoms with Crippen molar-refractivity contribution in [2.75, 3.05) is 6.54 Å². The molecule has 2 N–H and O–H groups in total. The van der Waals surface area contributed by atoms with Gasteiger partial charge < -0.3 is 10.4 Å². The predicted octanol–water partition coefficient (Wildman–Crippen LogP) is 5.28. The van der Waals surface area contributed by atoms with Crippen LogP contribution < -0.4 is 5.32 Å². The first-order valence-corrected chi connectivity index (χ1v) is 10.2. The van der Waals surface area contributed by atoms with Crippen LogP contribution in [-0.4, -0.2) is 17.6 Å². The van der Waals surface area contributed by atoms with Crippen LogP contribution in [0.5, 0.6) is 5.75 Å². The molecule has 3 heteroatoms. The lowest BCUT2D eigenvalue weighted by Gasteiger charge is -2.28. The molecule has 2 aromatic carbocycles. The van der Waals surface area contributed by atoms with E-state index in [-0.39, 0.29) is 16.7 Å². The van der Waals surface area contributed by atoms with Crippen molar-refractivity contribution in [3.63, 3.8) is 0 Å². The van der Waals surface area contributed by atoms with Gasteiger partial charge in [-0.15, -0.1) is 0 Å². The van der Waals surface area contributed by atoms with Crippen LogP contribution in [0.15, 0.2) is 42.5 Å². The van der Waals surface area contributed by atoms with Gasteiger partial charge in [0.05, 0.1) is 0 Å². The Hall–Kier alpha value is -2.29. The molecule has 152 valence electrons. The summed E-state index contributed by atoms with van der Waals surface area (Å²) in [7, 11) is 0. The van der Waals surface area contributed by atoms with E-state index in [1.807, 2.05) is 30.3 Å². The summed E-state index contributed by atoms with van der Waals surface area (Å²) >= 11 is 0. The fraction of sp³-hybridized carbons (Fsp3) is 0.480. The lowest BCUT2D eigenvalue weighted by molar-refractivity contribution is -0.121. The highest BCUT2D eigenvalue weighted by molar-refractivity contribution is 5.76. The van der Waals surface area contributed by atoms with Gasteiger partial charge in [0.2, 0.25) is 5.91 Å². The zero-order chi connectivity index (χ0) is 20.9. The molecule has 1 amide bonds. The number of aryl methyl sites for hydroxylation is 1. The Morgan fingerprint density at radius 1 is 0.929 bits per heavy atom. The van der Waals surface area contributed by atoms with Crippen LogP contribution in [0.3, 0.4) is 0 Å². The quantitative estimate of drug-likeness (QED) is 0.711. The van der Waals surface area contributed by atoms with Gasteiger partial charge in [-0.3, -0.25) is 4.79 Å². The number of benzene rings is 2. The van der Waals surface area contributed by atoms with Gasteiger partial charge in [-0.2, -0.15) is 0 Å². The standard InChI is InChI=1S/C25H35NO2/c1-24(2,3)20-16-19(17-21(23(20)28)25(4,5)6)14-15-26-22(27)13-12-18-10-8-7-9-11-18/h7-11,16-17,28H,12-15H2,1-6H3,(H,26,27)/i15+2,22+2. The minimum atomic E-state index is -0.140. The summed E-state index contributed by atoms with van der Waals surface area (Å²) in [5.74, 6) is 0.477. The van der Waals surface area contributed by atoms with Crippen LogP contribution in [0, 0.1) is 0 Å². The van der Waals surface area contributed by atoms with Crippen molar-refractivity contribution < 1.29 is 9.90 Å².